The molecular formula is C20H19N5O3S. The molecule has 0 aliphatic carbocycles. The van der Waals surface area contributed by atoms with E-state index in [1.807, 2.05) is 38.1 Å². The van der Waals surface area contributed by atoms with E-state index in [1.165, 1.54) is 28.4 Å². The SMILES string of the molecule is CC(C)COC(=O)Cc1nn(Cc2nc3ccccc3s2)c(=O)c2nccnc12. The number of para-hydroxylation sites is 1. The molecule has 3 heterocycles. The number of hydrogen-bond donors (Lipinski definition) is 0. The van der Waals surface area contributed by atoms with Crippen molar-refractivity contribution < 1.29 is 9.53 Å². The molecule has 0 atom stereocenters. The van der Waals surface area contributed by atoms with E-state index in [2.05, 4.69) is 20.1 Å². The van der Waals surface area contributed by atoms with Crippen LogP contribution in [-0.2, 0) is 22.5 Å². The predicted octanol–water partition coefficient (Wildman–Crippen LogP) is 2.59. The second-order valence-electron chi connectivity index (χ2n) is 6.99. The molecule has 148 valence electrons. The average Bonchev–Trinajstić information content (AvgIpc) is 3.12. The maximum absolute atomic E-state index is 12.9. The van der Waals surface area contributed by atoms with E-state index in [0.717, 1.165) is 15.2 Å². The lowest BCUT2D eigenvalue weighted by atomic mass is 10.2. The van der Waals surface area contributed by atoms with Gasteiger partial charge in [0.1, 0.15) is 16.2 Å². The highest BCUT2D eigenvalue weighted by Gasteiger charge is 2.17. The lowest BCUT2D eigenvalue weighted by Crippen LogP contribution is -2.27. The minimum atomic E-state index is -0.414. The summed E-state index contributed by atoms with van der Waals surface area (Å²) in [6.07, 6.45) is 2.85. The van der Waals surface area contributed by atoms with E-state index < -0.39 is 5.97 Å². The van der Waals surface area contributed by atoms with Gasteiger partial charge in [0.15, 0.2) is 5.52 Å². The van der Waals surface area contributed by atoms with Crippen LogP contribution in [0.1, 0.15) is 24.5 Å². The number of benzene rings is 1. The third-order valence-electron chi connectivity index (χ3n) is 4.16. The molecule has 0 radical (unpaired) electrons. The standard InChI is InChI=1S/C20H19N5O3S/c1-12(2)11-28-17(26)9-14-18-19(22-8-7-21-18)20(27)25(24-14)10-16-23-13-5-3-4-6-15(13)29-16/h3-8,12H,9-11H2,1-2H3. The molecule has 0 fully saturated rings. The van der Waals surface area contributed by atoms with Gasteiger partial charge in [-0.2, -0.15) is 5.10 Å². The van der Waals surface area contributed by atoms with Crippen molar-refractivity contribution in [3.63, 3.8) is 0 Å². The molecule has 9 heteroatoms. The van der Waals surface area contributed by atoms with Gasteiger partial charge in [-0.05, 0) is 18.1 Å². The number of fused-ring (bicyclic) bond motifs is 2. The van der Waals surface area contributed by atoms with Crippen LogP contribution in [0, 0.1) is 5.92 Å². The van der Waals surface area contributed by atoms with Crippen LogP contribution in [0.2, 0.25) is 0 Å². The Bertz CT molecular complexity index is 1210. The van der Waals surface area contributed by atoms with Gasteiger partial charge in [-0.1, -0.05) is 26.0 Å². The molecule has 4 rings (SSSR count). The minimum absolute atomic E-state index is 0.0813. The van der Waals surface area contributed by atoms with E-state index >= 15 is 0 Å². The first-order valence-corrected chi connectivity index (χ1v) is 10.0. The van der Waals surface area contributed by atoms with Crippen molar-refractivity contribution in [1.82, 2.24) is 24.7 Å². The van der Waals surface area contributed by atoms with Gasteiger partial charge in [-0.15, -0.1) is 11.3 Å². The van der Waals surface area contributed by atoms with Gasteiger partial charge in [-0.25, -0.2) is 14.6 Å². The summed E-state index contributed by atoms with van der Waals surface area (Å²) in [4.78, 5) is 38.0. The molecule has 1 aromatic carbocycles. The van der Waals surface area contributed by atoms with Crippen molar-refractivity contribution in [3.8, 4) is 0 Å². The van der Waals surface area contributed by atoms with Crippen LogP contribution in [0.3, 0.4) is 0 Å². The van der Waals surface area contributed by atoms with Gasteiger partial charge < -0.3 is 4.74 Å². The second kappa shape index (κ2) is 8.04. The molecular weight excluding hydrogens is 390 g/mol. The van der Waals surface area contributed by atoms with Gasteiger partial charge in [0.05, 0.1) is 29.8 Å². The quantitative estimate of drug-likeness (QED) is 0.451. The van der Waals surface area contributed by atoms with Crippen LogP contribution in [0.25, 0.3) is 21.3 Å². The third-order valence-corrected chi connectivity index (χ3v) is 5.18. The van der Waals surface area contributed by atoms with Crippen LogP contribution >= 0.6 is 11.3 Å². The topological polar surface area (TPSA) is 99.9 Å². The van der Waals surface area contributed by atoms with Crippen LogP contribution in [0.4, 0.5) is 0 Å². The van der Waals surface area contributed by atoms with Crippen LogP contribution in [-0.4, -0.2) is 37.3 Å². The Hall–Kier alpha value is -3.20. The summed E-state index contributed by atoms with van der Waals surface area (Å²) < 4.78 is 7.59. The Balaban J connectivity index is 1.71. The van der Waals surface area contributed by atoms with Crippen molar-refractivity contribution in [2.75, 3.05) is 6.61 Å². The van der Waals surface area contributed by atoms with Crippen molar-refractivity contribution in [2.45, 2.75) is 26.8 Å². The number of nitrogens with zero attached hydrogens (tertiary/aromatic N) is 5. The number of rotatable bonds is 6. The fourth-order valence-corrected chi connectivity index (χ4v) is 3.81. The van der Waals surface area contributed by atoms with Crippen LogP contribution in [0.5, 0.6) is 0 Å². The summed E-state index contributed by atoms with van der Waals surface area (Å²) in [5.41, 5.74) is 1.36. The molecule has 29 heavy (non-hydrogen) atoms. The minimum Gasteiger partial charge on any atom is -0.465 e. The Morgan fingerprint density at radius 1 is 1.17 bits per heavy atom. The van der Waals surface area contributed by atoms with Crippen molar-refractivity contribution in [2.24, 2.45) is 5.92 Å². The van der Waals surface area contributed by atoms with Crippen molar-refractivity contribution in [3.05, 3.63) is 57.7 Å². The Kier molecular flexibility index (Phi) is 5.30. The van der Waals surface area contributed by atoms with Gasteiger partial charge in [0, 0.05) is 12.4 Å². The summed E-state index contributed by atoms with van der Waals surface area (Å²) >= 11 is 1.50. The van der Waals surface area contributed by atoms with Crippen molar-refractivity contribution >= 4 is 38.6 Å². The highest BCUT2D eigenvalue weighted by atomic mass is 32.1. The van der Waals surface area contributed by atoms with Crippen LogP contribution < -0.4 is 5.56 Å². The molecule has 3 aromatic heterocycles. The zero-order valence-electron chi connectivity index (χ0n) is 16.0. The molecule has 4 aromatic rings. The van der Waals surface area contributed by atoms with Crippen LogP contribution in [0.15, 0.2) is 41.5 Å². The number of carbonyl (C=O) groups is 1. The highest BCUT2D eigenvalue weighted by molar-refractivity contribution is 7.18. The molecule has 0 spiro atoms. The van der Waals surface area contributed by atoms with E-state index in [1.54, 1.807) is 0 Å². The Morgan fingerprint density at radius 2 is 1.93 bits per heavy atom. The largest absolute Gasteiger partial charge is 0.465 e. The molecule has 0 N–H and O–H groups in total. The number of ether oxygens (including phenoxy) is 1. The molecule has 0 saturated heterocycles. The van der Waals surface area contributed by atoms with Gasteiger partial charge in [-0.3, -0.25) is 14.6 Å². The van der Waals surface area contributed by atoms with E-state index in [4.69, 9.17) is 4.74 Å². The molecule has 0 unspecified atom stereocenters. The second-order valence-corrected chi connectivity index (χ2v) is 8.11. The summed E-state index contributed by atoms with van der Waals surface area (Å²) in [5, 5.41) is 5.15. The first-order valence-electron chi connectivity index (χ1n) is 9.22. The fourth-order valence-electron chi connectivity index (χ4n) is 2.86. The first kappa shape index (κ1) is 19.1. The number of aromatic nitrogens is 5. The van der Waals surface area contributed by atoms with E-state index in [9.17, 15) is 9.59 Å². The lowest BCUT2D eigenvalue weighted by Gasteiger charge is -2.10. The Morgan fingerprint density at radius 3 is 2.69 bits per heavy atom. The fraction of sp³-hybridized carbons (Fsp3) is 0.300. The number of carbonyl (C=O) groups excluding carboxylic acids is 1. The number of hydrogen-bond acceptors (Lipinski definition) is 8. The van der Waals surface area contributed by atoms with Gasteiger partial charge >= 0.3 is 5.97 Å². The first-order chi connectivity index (χ1) is 14.0. The summed E-state index contributed by atoms with van der Waals surface area (Å²) in [6.45, 7) is 4.45. The molecule has 0 aliphatic rings. The lowest BCUT2D eigenvalue weighted by molar-refractivity contribution is -0.143. The molecule has 0 saturated carbocycles. The molecule has 0 aliphatic heterocycles. The molecule has 0 bridgehead atoms. The molecule has 8 nitrogen and oxygen atoms in total. The predicted molar refractivity (Wildman–Crippen MR) is 110 cm³/mol. The van der Waals surface area contributed by atoms with Gasteiger partial charge in [0.25, 0.3) is 5.56 Å². The third kappa shape index (κ3) is 4.14. The zero-order chi connectivity index (χ0) is 20.4. The summed E-state index contributed by atoms with van der Waals surface area (Å²) in [6, 6.07) is 7.77. The smallest absolute Gasteiger partial charge is 0.312 e. The number of thiazole rings is 1. The van der Waals surface area contributed by atoms with Gasteiger partial charge in [0.2, 0.25) is 0 Å². The normalized spacial score (nSPS) is 11.4. The summed E-state index contributed by atoms with van der Waals surface area (Å²) in [7, 11) is 0. The Labute approximate surface area is 170 Å². The highest BCUT2D eigenvalue weighted by Crippen LogP contribution is 2.22. The number of esters is 1. The summed E-state index contributed by atoms with van der Waals surface area (Å²) in [5.74, 6) is -0.181. The van der Waals surface area contributed by atoms with E-state index in [-0.39, 0.29) is 30.0 Å². The monoisotopic (exact) mass is 409 g/mol. The van der Waals surface area contributed by atoms with Crippen molar-refractivity contribution in [1.29, 1.82) is 0 Å². The maximum Gasteiger partial charge on any atom is 0.312 e. The molecule has 0 amide bonds. The maximum atomic E-state index is 12.9. The average molecular weight is 409 g/mol. The van der Waals surface area contributed by atoms with E-state index in [0.29, 0.717) is 17.8 Å². The zero-order valence-corrected chi connectivity index (χ0v) is 16.8.